The molecule has 2 aromatic heterocycles. The van der Waals surface area contributed by atoms with Gasteiger partial charge >= 0.3 is 6.18 Å². The molecule has 0 saturated heterocycles. The molecule has 2 heterocycles. The van der Waals surface area contributed by atoms with Crippen molar-refractivity contribution >= 4 is 40.8 Å². The van der Waals surface area contributed by atoms with Crippen LogP contribution in [0.5, 0.6) is 0 Å². The van der Waals surface area contributed by atoms with Crippen molar-refractivity contribution in [3.63, 3.8) is 0 Å². The quantitative estimate of drug-likeness (QED) is 0.644. The van der Waals surface area contributed by atoms with Crippen molar-refractivity contribution < 1.29 is 18.0 Å². The SMILES string of the molecule is O=C(C=Cc1ccccc1Cl)NCc1nnc2c(Cl)cc(C(F)(F)F)cn12. The molecular formula is C17H11Cl2F3N4O. The smallest absolute Gasteiger partial charge is 0.345 e. The summed E-state index contributed by atoms with van der Waals surface area (Å²) in [5.41, 5.74) is -0.213. The molecule has 0 saturated carbocycles. The number of nitrogens with zero attached hydrogens (tertiary/aromatic N) is 3. The molecule has 1 N–H and O–H groups in total. The van der Waals surface area contributed by atoms with Crippen molar-refractivity contribution in [2.24, 2.45) is 0 Å². The van der Waals surface area contributed by atoms with Gasteiger partial charge in [-0.2, -0.15) is 13.2 Å². The first-order valence-electron chi connectivity index (χ1n) is 7.56. The zero-order valence-corrected chi connectivity index (χ0v) is 15.0. The van der Waals surface area contributed by atoms with Crippen LogP contribution in [0.25, 0.3) is 11.7 Å². The van der Waals surface area contributed by atoms with Gasteiger partial charge in [0.15, 0.2) is 11.5 Å². The molecule has 10 heteroatoms. The van der Waals surface area contributed by atoms with Crippen LogP contribution in [0.15, 0.2) is 42.6 Å². The lowest BCUT2D eigenvalue weighted by atomic mass is 10.2. The summed E-state index contributed by atoms with van der Waals surface area (Å²) in [5.74, 6) is -0.359. The minimum Gasteiger partial charge on any atom is -0.345 e. The highest BCUT2D eigenvalue weighted by molar-refractivity contribution is 6.33. The van der Waals surface area contributed by atoms with Gasteiger partial charge in [-0.3, -0.25) is 9.20 Å². The van der Waals surface area contributed by atoms with Gasteiger partial charge in [-0.15, -0.1) is 10.2 Å². The molecule has 0 atom stereocenters. The Hall–Kier alpha value is -2.58. The molecule has 0 aliphatic rings. The largest absolute Gasteiger partial charge is 0.417 e. The predicted octanol–water partition coefficient (Wildman–Crippen LogP) is 4.38. The molecule has 0 unspecified atom stereocenters. The Morgan fingerprint density at radius 2 is 1.93 bits per heavy atom. The van der Waals surface area contributed by atoms with Crippen LogP contribution in [-0.2, 0) is 17.5 Å². The zero-order valence-electron chi connectivity index (χ0n) is 13.5. The summed E-state index contributed by atoms with van der Waals surface area (Å²) in [7, 11) is 0. The third kappa shape index (κ3) is 4.40. The number of benzene rings is 1. The lowest BCUT2D eigenvalue weighted by molar-refractivity contribution is -0.137. The summed E-state index contributed by atoms with van der Waals surface area (Å²) in [5, 5.41) is 10.4. The fourth-order valence-corrected chi connectivity index (χ4v) is 2.72. The summed E-state index contributed by atoms with van der Waals surface area (Å²) < 4.78 is 39.9. The second-order valence-corrected chi connectivity index (χ2v) is 6.27. The van der Waals surface area contributed by atoms with Crippen molar-refractivity contribution in [3.8, 4) is 0 Å². The molecule has 3 aromatic rings. The van der Waals surface area contributed by atoms with Gasteiger partial charge < -0.3 is 5.32 Å². The maximum absolute atomic E-state index is 12.9. The number of nitrogens with one attached hydrogen (secondary N) is 1. The van der Waals surface area contributed by atoms with Gasteiger partial charge in [0.05, 0.1) is 17.1 Å². The van der Waals surface area contributed by atoms with Crippen molar-refractivity contribution in [1.82, 2.24) is 19.9 Å². The third-order valence-electron chi connectivity index (χ3n) is 3.60. The number of aromatic nitrogens is 3. The number of alkyl halides is 3. The molecule has 140 valence electrons. The number of fused-ring (bicyclic) bond motifs is 1. The average Bonchev–Trinajstić information content (AvgIpc) is 3.02. The Balaban J connectivity index is 1.76. The van der Waals surface area contributed by atoms with E-state index in [9.17, 15) is 18.0 Å². The second kappa shape index (κ2) is 7.58. The normalized spacial score (nSPS) is 12.0. The van der Waals surface area contributed by atoms with Crippen molar-refractivity contribution in [3.05, 3.63) is 69.6 Å². The van der Waals surface area contributed by atoms with Crippen molar-refractivity contribution in [2.45, 2.75) is 12.7 Å². The summed E-state index contributed by atoms with van der Waals surface area (Å²) in [6, 6.07) is 7.73. The van der Waals surface area contributed by atoms with E-state index in [1.165, 1.54) is 12.2 Å². The Morgan fingerprint density at radius 1 is 1.19 bits per heavy atom. The molecule has 27 heavy (non-hydrogen) atoms. The zero-order chi connectivity index (χ0) is 19.6. The fourth-order valence-electron chi connectivity index (χ4n) is 2.28. The highest BCUT2D eigenvalue weighted by atomic mass is 35.5. The monoisotopic (exact) mass is 414 g/mol. The molecule has 0 radical (unpaired) electrons. The van der Waals surface area contributed by atoms with Crippen LogP contribution in [-0.4, -0.2) is 20.5 Å². The van der Waals surface area contributed by atoms with Gasteiger partial charge in [0.2, 0.25) is 5.91 Å². The summed E-state index contributed by atoms with van der Waals surface area (Å²) in [4.78, 5) is 11.9. The van der Waals surface area contributed by atoms with Crippen molar-refractivity contribution in [1.29, 1.82) is 0 Å². The van der Waals surface area contributed by atoms with Gasteiger partial charge in [-0.05, 0) is 23.8 Å². The van der Waals surface area contributed by atoms with Gasteiger partial charge in [-0.1, -0.05) is 41.4 Å². The molecule has 0 aliphatic carbocycles. The predicted molar refractivity (Wildman–Crippen MR) is 95.3 cm³/mol. The molecule has 5 nitrogen and oxygen atoms in total. The van der Waals surface area contributed by atoms with E-state index in [2.05, 4.69) is 15.5 Å². The van der Waals surface area contributed by atoms with Crippen LogP contribution < -0.4 is 5.32 Å². The van der Waals surface area contributed by atoms with E-state index in [0.717, 1.165) is 16.7 Å². The van der Waals surface area contributed by atoms with Crippen LogP contribution in [0.2, 0.25) is 10.0 Å². The van der Waals surface area contributed by atoms with Crippen molar-refractivity contribution in [2.75, 3.05) is 0 Å². The van der Waals surface area contributed by atoms with Gasteiger partial charge in [0.1, 0.15) is 0 Å². The minimum atomic E-state index is -4.57. The molecule has 0 fully saturated rings. The standard InChI is InChI=1S/C17H11Cl2F3N4O/c18-12-4-2-1-3-10(12)5-6-15(27)23-8-14-24-25-16-13(19)7-11(9-26(14)16)17(20,21)22/h1-7,9H,8H2,(H,23,27). The van der Waals surface area contributed by atoms with E-state index in [1.54, 1.807) is 24.3 Å². The lowest BCUT2D eigenvalue weighted by Crippen LogP contribution is -2.22. The van der Waals surface area contributed by atoms with Gasteiger partial charge in [0, 0.05) is 17.3 Å². The van der Waals surface area contributed by atoms with E-state index < -0.39 is 17.6 Å². The van der Waals surface area contributed by atoms with E-state index in [0.29, 0.717) is 10.6 Å². The highest BCUT2D eigenvalue weighted by Gasteiger charge is 2.32. The number of amides is 1. The topological polar surface area (TPSA) is 59.3 Å². The number of rotatable bonds is 4. The summed E-state index contributed by atoms with van der Waals surface area (Å²) in [6.07, 6.45) is -0.945. The maximum Gasteiger partial charge on any atom is 0.417 e. The van der Waals surface area contributed by atoms with Gasteiger partial charge in [-0.25, -0.2) is 0 Å². The van der Waals surface area contributed by atoms with E-state index in [1.807, 2.05) is 0 Å². The molecule has 3 rings (SSSR count). The van der Waals surface area contributed by atoms with Crippen LogP contribution in [0.4, 0.5) is 13.2 Å². The number of carbonyl (C=O) groups is 1. The minimum absolute atomic E-state index is 0.0699. The molecule has 1 amide bonds. The molecule has 0 spiro atoms. The molecule has 1 aromatic carbocycles. The Morgan fingerprint density at radius 3 is 2.63 bits per heavy atom. The first-order chi connectivity index (χ1) is 12.8. The van der Waals surface area contributed by atoms with Crippen LogP contribution in [0, 0.1) is 0 Å². The van der Waals surface area contributed by atoms with Gasteiger partial charge in [0.25, 0.3) is 0 Å². The van der Waals surface area contributed by atoms with Crippen LogP contribution in [0.3, 0.4) is 0 Å². The third-order valence-corrected chi connectivity index (χ3v) is 4.22. The first-order valence-corrected chi connectivity index (χ1v) is 8.32. The summed E-state index contributed by atoms with van der Waals surface area (Å²) in [6.45, 7) is -0.134. The number of hydrogen-bond acceptors (Lipinski definition) is 3. The molecule has 0 aliphatic heterocycles. The summed E-state index contributed by atoms with van der Waals surface area (Å²) >= 11 is 11.8. The number of hydrogen-bond donors (Lipinski definition) is 1. The molecule has 0 bridgehead atoms. The lowest BCUT2D eigenvalue weighted by Gasteiger charge is -2.09. The van der Waals surface area contributed by atoms with Crippen LogP contribution >= 0.6 is 23.2 Å². The highest BCUT2D eigenvalue weighted by Crippen LogP contribution is 2.32. The maximum atomic E-state index is 12.9. The average molecular weight is 415 g/mol. The second-order valence-electron chi connectivity index (χ2n) is 5.46. The van der Waals surface area contributed by atoms with E-state index in [-0.39, 0.29) is 23.0 Å². The molecular weight excluding hydrogens is 404 g/mol. The van der Waals surface area contributed by atoms with E-state index in [4.69, 9.17) is 23.2 Å². The van der Waals surface area contributed by atoms with E-state index >= 15 is 0 Å². The Kier molecular flexibility index (Phi) is 5.38. The Labute approximate surface area is 161 Å². The fraction of sp³-hybridized carbons (Fsp3) is 0.118. The van der Waals surface area contributed by atoms with Crippen LogP contribution in [0.1, 0.15) is 17.0 Å². The number of halogens is 5. The number of pyridine rings is 1. The Bertz CT molecular complexity index is 1030. The number of carbonyl (C=O) groups excluding carboxylic acids is 1. The first kappa shape index (κ1) is 19.2.